The number of ether oxygens (including phenoxy) is 1. The zero-order valence-electron chi connectivity index (χ0n) is 13.0. The first-order valence-corrected chi connectivity index (χ1v) is 7.22. The van der Waals surface area contributed by atoms with Crippen LogP contribution in [-0.4, -0.2) is 27.0 Å². The number of hydrazine groups is 1. The second kappa shape index (κ2) is 6.88. The quantitative estimate of drug-likeness (QED) is 0.575. The number of fused-ring (bicyclic) bond motifs is 2. The van der Waals surface area contributed by atoms with E-state index < -0.39 is 5.69 Å². The number of pyridine rings is 1. The van der Waals surface area contributed by atoms with Gasteiger partial charge in [-0.15, -0.1) is 0 Å². The van der Waals surface area contributed by atoms with Crippen molar-refractivity contribution in [1.29, 1.82) is 0 Å². The molecule has 0 amide bonds. The molecule has 0 atom stereocenters. The first kappa shape index (κ1) is 15.6. The van der Waals surface area contributed by atoms with Crippen molar-refractivity contribution in [3.63, 3.8) is 0 Å². The molecule has 122 valence electrons. The first-order valence-electron chi connectivity index (χ1n) is 7.22. The number of aromatic nitrogens is 4. The fraction of sp³-hybridized carbons (Fsp3) is 0.125. The first-order chi connectivity index (χ1) is 11.7. The summed E-state index contributed by atoms with van der Waals surface area (Å²) in [7, 11) is 1.50. The number of hydrogen-bond donors (Lipinski definition) is 3. The number of allylic oxidation sites excluding steroid dienone is 6. The van der Waals surface area contributed by atoms with Gasteiger partial charge in [-0.1, -0.05) is 24.3 Å². The highest BCUT2D eigenvalue weighted by atomic mass is 16.5. The SMILES string of the molecule is C1=CC2=CC=C1C2.COc1cccnc1-c1nc(NN)nc(=O)[nH]1. The fourth-order valence-electron chi connectivity index (χ4n) is 2.30. The molecule has 0 saturated heterocycles. The van der Waals surface area contributed by atoms with E-state index in [9.17, 15) is 4.79 Å². The predicted octanol–water partition coefficient (Wildman–Crippen LogP) is 1.33. The van der Waals surface area contributed by atoms with Crippen molar-refractivity contribution in [1.82, 2.24) is 19.9 Å². The largest absolute Gasteiger partial charge is 0.494 e. The molecule has 0 fully saturated rings. The van der Waals surface area contributed by atoms with E-state index in [1.165, 1.54) is 24.7 Å². The topological polar surface area (TPSA) is 119 Å². The molecule has 2 aromatic rings. The number of nitrogens with two attached hydrogens (primary N) is 1. The number of methoxy groups -OCH3 is 1. The molecule has 24 heavy (non-hydrogen) atoms. The number of hydrogen-bond acceptors (Lipinski definition) is 7. The van der Waals surface area contributed by atoms with Crippen LogP contribution in [0.2, 0.25) is 0 Å². The molecule has 4 rings (SSSR count). The summed E-state index contributed by atoms with van der Waals surface area (Å²) < 4.78 is 5.12. The Hall–Kier alpha value is -3.26. The Morgan fingerprint density at radius 2 is 2.00 bits per heavy atom. The zero-order chi connectivity index (χ0) is 16.9. The van der Waals surface area contributed by atoms with Gasteiger partial charge in [-0.3, -0.25) is 10.4 Å². The number of nitrogen functional groups attached to an aromatic ring is 1. The summed E-state index contributed by atoms with van der Waals surface area (Å²) >= 11 is 0. The number of aromatic amines is 1. The van der Waals surface area contributed by atoms with Crippen molar-refractivity contribution in [3.05, 3.63) is 64.3 Å². The number of H-pyrrole nitrogens is 1. The maximum atomic E-state index is 11.3. The average Bonchev–Trinajstić information content (AvgIpc) is 3.27. The Morgan fingerprint density at radius 3 is 2.54 bits per heavy atom. The maximum Gasteiger partial charge on any atom is 0.349 e. The molecule has 2 aromatic heterocycles. The molecule has 2 heterocycles. The van der Waals surface area contributed by atoms with Crippen LogP contribution in [-0.2, 0) is 0 Å². The van der Waals surface area contributed by atoms with E-state index in [-0.39, 0.29) is 11.8 Å². The lowest BCUT2D eigenvalue weighted by molar-refractivity contribution is 0.414. The van der Waals surface area contributed by atoms with Gasteiger partial charge in [-0.25, -0.2) is 15.6 Å². The fourth-order valence-corrected chi connectivity index (χ4v) is 2.30. The van der Waals surface area contributed by atoms with Crippen LogP contribution in [0.15, 0.2) is 58.6 Å². The minimum Gasteiger partial charge on any atom is -0.494 e. The Bertz CT molecular complexity index is 877. The molecule has 0 radical (unpaired) electrons. The van der Waals surface area contributed by atoms with Gasteiger partial charge in [0, 0.05) is 6.20 Å². The Morgan fingerprint density at radius 1 is 1.25 bits per heavy atom. The summed E-state index contributed by atoms with van der Waals surface area (Å²) in [6, 6.07) is 3.42. The van der Waals surface area contributed by atoms with Crippen molar-refractivity contribution in [3.8, 4) is 17.3 Å². The van der Waals surface area contributed by atoms with Gasteiger partial charge in [0.15, 0.2) is 5.82 Å². The predicted molar refractivity (Wildman–Crippen MR) is 90.2 cm³/mol. The van der Waals surface area contributed by atoms with Crippen molar-refractivity contribution in [2.45, 2.75) is 6.42 Å². The van der Waals surface area contributed by atoms with Crippen molar-refractivity contribution in [2.24, 2.45) is 5.84 Å². The van der Waals surface area contributed by atoms with Crippen LogP contribution < -0.4 is 21.7 Å². The van der Waals surface area contributed by atoms with Gasteiger partial charge < -0.3 is 4.74 Å². The van der Waals surface area contributed by atoms with Crippen molar-refractivity contribution >= 4 is 5.95 Å². The van der Waals surface area contributed by atoms with E-state index in [0.717, 1.165) is 0 Å². The van der Waals surface area contributed by atoms with E-state index in [2.05, 4.69) is 49.7 Å². The molecule has 0 aliphatic heterocycles. The van der Waals surface area contributed by atoms with Crippen molar-refractivity contribution < 1.29 is 4.74 Å². The molecule has 0 aromatic carbocycles. The van der Waals surface area contributed by atoms with E-state index in [1.807, 2.05) is 0 Å². The summed E-state index contributed by atoms with van der Waals surface area (Å²) in [5.41, 5.74) is 4.97. The molecule has 8 nitrogen and oxygen atoms in total. The normalized spacial score (nSPS) is 13.8. The lowest BCUT2D eigenvalue weighted by atomic mass is 10.3. The minimum atomic E-state index is -0.573. The third kappa shape index (κ3) is 3.39. The number of nitrogens with zero attached hydrogens (tertiary/aromatic N) is 3. The van der Waals surface area contributed by atoms with Gasteiger partial charge >= 0.3 is 5.69 Å². The van der Waals surface area contributed by atoms with Crippen LogP contribution in [0.5, 0.6) is 5.75 Å². The lowest BCUT2D eigenvalue weighted by Gasteiger charge is -2.06. The average molecular weight is 324 g/mol. The van der Waals surface area contributed by atoms with E-state index in [1.54, 1.807) is 18.3 Å². The highest BCUT2D eigenvalue weighted by Crippen LogP contribution is 2.27. The van der Waals surface area contributed by atoms with Gasteiger partial charge in [-0.2, -0.15) is 9.97 Å². The standard InChI is InChI=1S/C9H10N6O2.C7H6/c1-17-5-3-2-4-11-6(5)7-12-8(15-10)14-9(16)13-7;1-2-7-4-3-6(1)5-7/h2-4H,10H2,1H3,(H2,12,13,14,15,16);1-4H,5H2. The van der Waals surface area contributed by atoms with Gasteiger partial charge in [0.2, 0.25) is 5.95 Å². The Kier molecular flexibility index (Phi) is 4.48. The van der Waals surface area contributed by atoms with E-state index in [4.69, 9.17) is 10.6 Å². The third-order valence-corrected chi connectivity index (χ3v) is 3.43. The molecule has 0 unspecified atom stereocenters. The number of anilines is 1. The molecular formula is C16H16N6O2. The van der Waals surface area contributed by atoms with Gasteiger partial charge in [0.05, 0.1) is 7.11 Å². The molecule has 2 bridgehead atoms. The highest BCUT2D eigenvalue weighted by molar-refractivity contribution is 5.59. The van der Waals surface area contributed by atoms with Gasteiger partial charge in [-0.05, 0) is 29.7 Å². The molecule has 2 aliphatic rings. The lowest BCUT2D eigenvalue weighted by Crippen LogP contribution is -2.20. The van der Waals surface area contributed by atoms with E-state index >= 15 is 0 Å². The number of nitrogens with one attached hydrogen (secondary N) is 2. The summed E-state index contributed by atoms with van der Waals surface area (Å²) in [6.45, 7) is 0. The second-order valence-electron chi connectivity index (χ2n) is 5.02. The Balaban J connectivity index is 0.000000198. The summed E-state index contributed by atoms with van der Waals surface area (Å²) in [5.74, 6) is 5.89. The van der Waals surface area contributed by atoms with Crippen LogP contribution in [0.3, 0.4) is 0 Å². The second-order valence-corrected chi connectivity index (χ2v) is 5.02. The third-order valence-electron chi connectivity index (χ3n) is 3.43. The summed E-state index contributed by atoms with van der Waals surface area (Å²) in [5, 5.41) is 0. The van der Waals surface area contributed by atoms with Crippen molar-refractivity contribution in [2.75, 3.05) is 12.5 Å². The van der Waals surface area contributed by atoms with Gasteiger partial charge in [0.25, 0.3) is 0 Å². The smallest absolute Gasteiger partial charge is 0.349 e. The molecular weight excluding hydrogens is 308 g/mol. The molecule has 8 heteroatoms. The van der Waals surface area contributed by atoms with E-state index in [0.29, 0.717) is 11.4 Å². The van der Waals surface area contributed by atoms with Crippen LogP contribution in [0.25, 0.3) is 11.5 Å². The van der Waals surface area contributed by atoms with Gasteiger partial charge in [0.1, 0.15) is 11.4 Å². The zero-order valence-corrected chi connectivity index (χ0v) is 13.0. The van der Waals surface area contributed by atoms with Crippen LogP contribution >= 0.6 is 0 Å². The molecule has 4 N–H and O–H groups in total. The van der Waals surface area contributed by atoms with Crippen LogP contribution in [0.4, 0.5) is 5.95 Å². The minimum absolute atomic E-state index is 0.0106. The number of rotatable bonds is 3. The molecule has 0 spiro atoms. The van der Waals surface area contributed by atoms with Crippen LogP contribution in [0.1, 0.15) is 6.42 Å². The Labute approximate surface area is 137 Å². The monoisotopic (exact) mass is 324 g/mol. The maximum absolute atomic E-state index is 11.3. The summed E-state index contributed by atoms with van der Waals surface area (Å²) in [4.78, 5) is 25.3. The van der Waals surface area contributed by atoms with Crippen LogP contribution in [0, 0.1) is 0 Å². The molecule has 2 aliphatic carbocycles. The summed E-state index contributed by atoms with van der Waals surface area (Å²) in [6.07, 6.45) is 11.5. The highest BCUT2D eigenvalue weighted by Gasteiger charge is 2.11. The molecule has 0 saturated carbocycles.